The molecule has 0 N–H and O–H groups in total. The maximum Gasteiger partial charge on any atom is 0.339 e. The molecule has 0 aliphatic carbocycles. The van der Waals surface area contributed by atoms with Crippen LogP contribution in [0.4, 0.5) is 0 Å². The fraction of sp³-hybridized carbons (Fsp3) is 0.364. The molecule has 0 aromatic heterocycles. The zero-order valence-corrected chi connectivity index (χ0v) is 16.3. The van der Waals surface area contributed by atoms with E-state index in [9.17, 15) is 9.59 Å². The zero-order valence-electron chi connectivity index (χ0n) is 15.6. The molecule has 0 unspecified atom stereocenters. The van der Waals surface area contributed by atoms with Crippen LogP contribution in [0.2, 0.25) is 5.02 Å². The molecular weight excluding hydrogens is 364 g/mol. The van der Waals surface area contributed by atoms with Gasteiger partial charge >= 0.3 is 11.9 Å². The summed E-state index contributed by atoms with van der Waals surface area (Å²) in [5.41, 5.74) is 1.21. The minimum absolute atomic E-state index is 0.0835. The first-order valence-electron chi connectivity index (χ1n) is 9.29. The van der Waals surface area contributed by atoms with Gasteiger partial charge in [-0.15, -0.1) is 0 Å². The van der Waals surface area contributed by atoms with Gasteiger partial charge in [-0.3, -0.25) is 0 Å². The van der Waals surface area contributed by atoms with Crippen molar-refractivity contribution in [3.05, 3.63) is 70.2 Å². The minimum atomic E-state index is -0.564. The largest absolute Gasteiger partial charge is 0.462 e. The number of halogens is 1. The highest BCUT2D eigenvalue weighted by atomic mass is 35.5. The first-order valence-corrected chi connectivity index (χ1v) is 9.67. The van der Waals surface area contributed by atoms with Crippen molar-refractivity contribution in [3.8, 4) is 0 Å². The summed E-state index contributed by atoms with van der Waals surface area (Å²) in [4.78, 5) is 24.7. The second kappa shape index (κ2) is 11.4. The van der Waals surface area contributed by atoms with Crippen LogP contribution in [0.5, 0.6) is 0 Å². The molecule has 0 radical (unpaired) electrons. The molecule has 0 aliphatic rings. The van der Waals surface area contributed by atoms with Crippen molar-refractivity contribution < 1.29 is 19.1 Å². The molecule has 0 aliphatic heterocycles. The van der Waals surface area contributed by atoms with Crippen LogP contribution in [0, 0.1) is 0 Å². The molecule has 0 saturated heterocycles. The van der Waals surface area contributed by atoms with E-state index in [2.05, 4.69) is 6.92 Å². The molecule has 2 rings (SSSR count). The van der Waals surface area contributed by atoms with E-state index in [1.165, 1.54) is 12.8 Å². The third kappa shape index (κ3) is 7.06. The summed E-state index contributed by atoms with van der Waals surface area (Å²) < 4.78 is 10.6. The van der Waals surface area contributed by atoms with Gasteiger partial charge in [-0.1, -0.05) is 68.5 Å². The van der Waals surface area contributed by atoms with Crippen LogP contribution in [0.3, 0.4) is 0 Å². The topological polar surface area (TPSA) is 52.6 Å². The molecule has 2 aromatic carbocycles. The Morgan fingerprint density at radius 2 is 1.52 bits per heavy atom. The van der Waals surface area contributed by atoms with Crippen molar-refractivity contribution >= 4 is 23.5 Å². The molecular formula is C22H25ClO4. The Bertz CT molecular complexity index is 757. The lowest BCUT2D eigenvalue weighted by atomic mass is 10.1. The molecule has 144 valence electrons. The maximum atomic E-state index is 12.4. The molecule has 4 nitrogen and oxygen atoms in total. The quantitative estimate of drug-likeness (QED) is 0.380. The normalized spacial score (nSPS) is 10.4. The van der Waals surface area contributed by atoms with Gasteiger partial charge in [-0.25, -0.2) is 9.59 Å². The lowest BCUT2D eigenvalue weighted by Crippen LogP contribution is -2.14. The van der Waals surface area contributed by atoms with E-state index >= 15 is 0 Å². The van der Waals surface area contributed by atoms with Gasteiger partial charge in [0, 0.05) is 5.02 Å². The summed E-state index contributed by atoms with van der Waals surface area (Å²) in [6.07, 6.45) is 5.36. The third-order valence-electron chi connectivity index (χ3n) is 4.11. The molecule has 0 spiro atoms. The van der Waals surface area contributed by atoms with Gasteiger partial charge in [-0.05, 0) is 36.2 Å². The highest BCUT2D eigenvalue weighted by molar-refractivity contribution is 6.30. The number of esters is 2. The summed E-state index contributed by atoms with van der Waals surface area (Å²) in [6, 6.07) is 13.6. The van der Waals surface area contributed by atoms with Crippen molar-refractivity contribution in [3.63, 3.8) is 0 Å². The Morgan fingerprint density at radius 1 is 0.852 bits per heavy atom. The average molecular weight is 389 g/mol. The van der Waals surface area contributed by atoms with Crippen LogP contribution in [-0.4, -0.2) is 18.5 Å². The molecule has 27 heavy (non-hydrogen) atoms. The van der Waals surface area contributed by atoms with Gasteiger partial charge in [0.05, 0.1) is 17.7 Å². The molecule has 2 aromatic rings. The fourth-order valence-corrected chi connectivity index (χ4v) is 2.85. The zero-order chi connectivity index (χ0) is 19.5. The number of unbranched alkanes of at least 4 members (excludes halogenated alkanes) is 4. The minimum Gasteiger partial charge on any atom is -0.462 e. The van der Waals surface area contributed by atoms with E-state index in [4.69, 9.17) is 21.1 Å². The third-order valence-corrected chi connectivity index (χ3v) is 4.34. The van der Waals surface area contributed by atoms with Crippen molar-refractivity contribution in [2.24, 2.45) is 0 Å². The molecule has 0 amide bonds. The van der Waals surface area contributed by atoms with Gasteiger partial charge in [0.1, 0.15) is 6.61 Å². The molecule has 5 heteroatoms. The van der Waals surface area contributed by atoms with E-state index < -0.39 is 11.9 Å². The fourth-order valence-electron chi connectivity index (χ4n) is 2.64. The van der Waals surface area contributed by atoms with E-state index in [1.54, 1.807) is 42.5 Å². The van der Waals surface area contributed by atoms with E-state index in [1.807, 2.05) is 6.07 Å². The number of ether oxygens (including phenoxy) is 2. The first kappa shape index (κ1) is 21.0. The highest BCUT2D eigenvalue weighted by Gasteiger charge is 2.19. The van der Waals surface area contributed by atoms with Crippen molar-refractivity contribution in [1.82, 2.24) is 0 Å². The number of carbonyl (C=O) groups is 2. The first-order chi connectivity index (χ1) is 13.1. The van der Waals surface area contributed by atoms with E-state index in [0.717, 1.165) is 24.8 Å². The van der Waals surface area contributed by atoms with Crippen LogP contribution in [0.15, 0.2) is 48.5 Å². The monoisotopic (exact) mass is 388 g/mol. The lowest BCUT2D eigenvalue weighted by molar-refractivity contribution is 0.0436. The summed E-state index contributed by atoms with van der Waals surface area (Å²) in [7, 11) is 0. The van der Waals surface area contributed by atoms with Crippen LogP contribution in [0.1, 0.15) is 65.3 Å². The Kier molecular flexibility index (Phi) is 8.85. The number of hydrogen-bond donors (Lipinski definition) is 0. The highest BCUT2D eigenvalue weighted by Crippen LogP contribution is 2.15. The Hall–Kier alpha value is -2.33. The second-order valence-electron chi connectivity index (χ2n) is 6.30. The predicted molar refractivity (Wildman–Crippen MR) is 106 cm³/mol. The predicted octanol–water partition coefficient (Wildman–Crippen LogP) is 5.82. The standard InChI is InChI=1S/C22H25ClO4/c1-2-3-4-5-8-14-26-21(24)19-12-6-7-13-20(19)22(25)27-16-17-10-9-11-18(23)15-17/h6-7,9-13,15H,2-5,8,14,16H2,1H3. The van der Waals surface area contributed by atoms with E-state index in [0.29, 0.717) is 11.6 Å². The second-order valence-corrected chi connectivity index (χ2v) is 6.74. The average Bonchev–Trinajstić information content (AvgIpc) is 2.68. The molecule has 0 bridgehead atoms. The van der Waals surface area contributed by atoms with Crippen LogP contribution < -0.4 is 0 Å². The molecule has 0 fully saturated rings. The smallest absolute Gasteiger partial charge is 0.339 e. The Labute approximate surface area is 165 Å². The van der Waals surface area contributed by atoms with Crippen molar-refractivity contribution in [2.45, 2.75) is 45.6 Å². The van der Waals surface area contributed by atoms with Crippen LogP contribution >= 0.6 is 11.6 Å². The number of rotatable bonds is 10. The van der Waals surface area contributed by atoms with Gasteiger partial charge < -0.3 is 9.47 Å². The lowest BCUT2D eigenvalue weighted by Gasteiger charge is -2.10. The molecule has 0 heterocycles. The Morgan fingerprint density at radius 3 is 2.19 bits per heavy atom. The van der Waals surface area contributed by atoms with Gasteiger partial charge in [0.25, 0.3) is 0 Å². The maximum absolute atomic E-state index is 12.4. The summed E-state index contributed by atoms with van der Waals surface area (Å²) in [6.45, 7) is 2.59. The molecule has 0 atom stereocenters. The number of benzene rings is 2. The van der Waals surface area contributed by atoms with Crippen LogP contribution in [-0.2, 0) is 16.1 Å². The number of carbonyl (C=O) groups excluding carboxylic acids is 2. The van der Waals surface area contributed by atoms with Gasteiger partial charge in [0.2, 0.25) is 0 Å². The summed E-state index contributed by atoms with van der Waals surface area (Å²) in [5, 5.41) is 0.575. The van der Waals surface area contributed by atoms with Gasteiger partial charge in [-0.2, -0.15) is 0 Å². The summed E-state index contributed by atoms with van der Waals surface area (Å²) in [5.74, 6) is -1.06. The van der Waals surface area contributed by atoms with Crippen LogP contribution in [0.25, 0.3) is 0 Å². The number of hydrogen-bond acceptors (Lipinski definition) is 4. The van der Waals surface area contributed by atoms with Gasteiger partial charge in [0.15, 0.2) is 0 Å². The summed E-state index contributed by atoms with van der Waals surface area (Å²) >= 11 is 5.93. The van der Waals surface area contributed by atoms with E-state index in [-0.39, 0.29) is 17.7 Å². The Balaban J connectivity index is 1.91. The van der Waals surface area contributed by atoms with Crippen molar-refractivity contribution in [1.29, 1.82) is 0 Å². The SMILES string of the molecule is CCCCCCCOC(=O)c1ccccc1C(=O)OCc1cccc(Cl)c1. The van der Waals surface area contributed by atoms with Crippen molar-refractivity contribution in [2.75, 3.05) is 6.61 Å². The molecule has 0 saturated carbocycles.